The molecule has 0 spiro atoms. The molecule has 2 aromatic heterocycles. The van der Waals surface area contributed by atoms with Gasteiger partial charge in [0, 0.05) is 10.0 Å². The molecule has 0 amide bonds. The zero-order valence-electron chi connectivity index (χ0n) is 8.09. The van der Waals surface area contributed by atoms with Crippen LogP contribution in [-0.4, -0.2) is 14.6 Å². The van der Waals surface area contributed by atoms with Crippen molar-refractivity contribution in [2.24, 2.45) is 0 Å². The number of nitrogen functional groups attached to an aromatic ring is 1. The van der Waals surface area contributed by atoms with Gasteiger partial charge in [-0.05, 0) is 12.1 Å². The zero-order chi connectivity index (χ0) is 11.1. The highest BCUT2D eigenvalue weighted by molar-refractivity contribution is 9.10. The van der Waals surface area contributed by atoms with Gasteiger partial charge in [0.05, 0.1) is 11.9 Å². The molecule has 0 unspecified atom stereocenters. The lowest BCUT2D eigenvalue weighted by molar-refractivity contribution is 0.981. The van der Waals surface area contributed by atoms with Crippen LogP contribution in [0.25, 0.3) is 16.2 Å². The molecule has 16 heavy (non-hydrogen) atoms. The summed E-state index contributed by atoms with van der Waals surface area (Å²) >= 11 is 4.78. The summed E-state index contributed by atoms with van der Waals surface area (Å²) in [6.45, 7) is 0. The molecule has 0 radical (unpaired) electrons. The van der Waals surface area contributed by atoms with E-state index in [2.05, 4.69) is 26.0 Å². The number of aromatic nitrogens is 3. The number of nitrogens with zero attached hydrogens (tertiary/aromatic N) is 3. The van der Waals surface area contributed by atoms with Crippen LogP contribution in [0.5, 0.6) is 0 Å². The number of nitrogens with two attached hydrogens (primary N) is 1. The maximum atomic E-state index is 5.58. The predicted molar refractivity (Wildman–Crippen MR) is 68.4 cm³/mol. The van der Waals surface area contributed by atoms with Gasteiger partial charge in [-0.2, -0.15) is 0 Å². The van der Waals surface area contributed by atoms with Gasteiger partial charge >= 0.3 is 0 Å². The van der Waals surface area contributed by atoms with E-state index in [9.17, 15) is 0 Å². The number of hydrogen-bond acceptors (Lipinski definition) is 4. The van der Waals surface area contributed by atoms with Crippen molar-refractivity contribution in [2.45, 2.75) is 0 Å². The summed E-state index contributed by atoms with van der Waals surface area (Å²) in [6.07, 6.45) is 1.88. The normalized spacial score (nSPS) is 11.1. The minimum Gasteiger partial charge on any atom is -0.374 e. The van der Waals surface area contributed by atoms with Crippen molar-refractivity contribution in [3.63, 3.8) is 0 Å². The number of rotatable bonds is 1. The maximum Gasteiger partial charge on any atom is 0.214 e. The van der Waals surface area contributed by atoms with Gasteiger partial charge in [-0.3, -0.25) is 0 Å². The van der Waals surface area contributed by atoms with E-state index >= 15 is 0 Å². The fourth-order valence-corrected chi connectivity index (χ4v) is 2.39. The minimum absolute atomic E-state index is 0.532. The Morgan fingerprint density at radius 1 is 1.25 bits per heavy atom. The largest absolute Gasteiger partial charge is 0.374 e. The lowest BCUT2D eigenvalue weighted by atomic mass is 10.2. The first kappa shape index (κ1) is 9.80. The first-order valence-corrected chi connectivity index (χ1v) is 6.21. The van der Waals surface area contributed by atoms with Crippen LogP contribution in [0.3, 0.4) is 0 Å². The van der Waals surface area contributed by atoms with E-state index in [0.717, 1.165) is 20.7 Å². The Kier molecular flexibility index (Phi) is 2.19. The molecule has 1 aromatic carbocycles. The van der Waals surface area contributed by atoms with Gasteiger partial charge in [-0.25, -0.2) is 9.50 Å². The molecule has 0 bridgehead atoms. The molecular weight excluding hydrogens is 288 g/mol. The molecule has 0 aliphatic rings. The molecule has 3 aromatic rings. The van der Waals surface area contributed by atoms with E-state index in [-0.39, 0.29) is 0 Å². The van der Waals surface area contributed by atoms with E-state index in [0.29, 0.717) is 5.13 Å². The molecule has 2 heterocycles. The second-order valence-corrected chi connectivity index (χ2v) is 5.20. The monoisotopic (exact) mass is 294 g/mol. The summed E-state index contributed by atoms with van der Waals surface area (Å²) in [5.74, 6) is 0. The Hall–Kier alpha value is -1.40. The third kappa shape index (κ3) is 1.60. The van der Waals surface area contributed by atoms with Gasteiger partial charge < -0.3 is 5.73 Å². The third-order valence-electron chi connectivity index (χ3n) is 2.20. The number of anilines is 1. The summed E-state index contributed by atoms with van der Waals surface area (Å²) in [6, 6.07) is 8.01. The Morgan fingerprint density at radius 3 is 2.69 bits per heavy atom. The minimum atomic E-state index is 0.532. The highest BCUT2D eigenvalue weighted by Gasteiger charge is 2.07. The van der Waals surface area contributed by atoms with Crippen LogP contribution < -0.4 is 5.73 Å². The van der Waals surface area contributed by atoms with Crippen molar-refractivity contribution in [3.8, 4) is 11.3 Å². The van der Waals surface area contributed by atoms with Gasteiger partial charge in [0.25, 0.3) is 0 Å². The number of benzene rings is 1. The SMILES string of the molecule is Nc1nn2cc(-c3ccc(Br)cc3)nc2s1. The van der Waals surface area contributed by atoms with Crippen molar-refractivity contribution < 1.29 is 0 Å². The number of imidazole rings is 1. The van der Waals surface area contributed by atoms with Crippen molar-refractivity contribution in [1.29, 1.82) is 0 Å². The first-order chi connectivity index (χ1) is 7.72. The summed E-state index contributed by atoms with van der Waals surface area (Å²) in [4.78, 5) is 5.27. The summed E-state index contributed by atoms with van der Waals surface area (Å²) in [7, 11) is 0. The number of hydrogen-bond donors (Lipinski definition) is 1. The van der Waals surface area contributed by atoms with E-state index in [1.165, 1.54) is 11.3 Å². The highest BCUT2D eigenvalue weighted by atomic mass is 79.9. The Bertz CT molecular complexity index is 609. The zero-order valence-corrected chi connectivity index (χ0v) is 10.5. The van der Waals surface area contributed by atoms with E-state index in [1.807, 2.05) is 30.5 Å². The molecule has 0 saturated heterocycles. The standard InChI is InChI=1S/C10H7BrN4S/c11-7-3-1-6(2-4-7)8-5-15-10(13-8)16-9(12)14-15/h1-5H,(H2,12,14). The average molecular weight is 295 g/mol. The molecule has 80 valence electrons. The lowest BCUT2D eigenvalue weighted by Crippen LogP contribution is -1.85. The van der Waals surface area contributed by atoms with Crippen LogP contribution in [-0.2, 0) is 0 Å². The molecule has 6 heteroatoms. The van der Waals surface area contributed by atoms with Crippen LogP contribution in [0, 0.1) is 0 Å². The van der Waals surface area contributed by atoms with Gasteiger partial charge in [0.1, 0.15) is 0 Å². The summed E-state index contributed by atoms with van der Waals surface area (Å²) < 4.78 is 2.76. The fraction of sp³-hybridized carbons (Fsp3) is 0. The van der Waals surface area contributed by atoms with Crippen molar-refractivity contribution >= 4 is 37.4 Å². The van der Waals surface area contributed by atoms with Gasteiger partial charge in [-0.15, -0.1) is 5.10 Å². The molecule has 0 aliphatic carbocycles. The highest BCUT2D eigenvalue weighted by Crippen LogP contribution is 2.24. The van der Waals surface area contributed by atoms with Gasteiger partial charge in [0.15, 0.2) is 0 Å². The van der Waals surface area contributed by atoms with Crippen molar-refractivity contribution in [3.05, 3.63) is 34.9 Å². The number of halogens is 1. The summed E-state index contributed by atoms with van der Waals surface area (Å²) in [5, 5.41) is 4.65. The lowest BCUT2D eigenvalue weighted by Gasteiger charge is -1.95. The molecule has 2 N–H and O–H groups in total. The molecule has 4 nitrogen and oxygen atoms in total. The van der Waals surface area contributed by atoms with Gasteiger partial charge in [0.2, 0.25) is 10.1 Å². The van der Waals surface area contributed by atoms with Crippen LogP contribution in [0.2, 0.25) is 0 Å². The summed E-state index contributed by atoms with van der Waals surface area (Å²) in [5.41, 5.74) is 7.56. The number of fused-ring (bicyclic) bond motifs is 1. The van der Waals surface area contributed by atoms with Crippen molar-refractivity contribution in [2.75, 3.05) is 5.73 Å². The van der Waals surface area contributed by atoms with Crippen molar-refractivity contribution in [1.82, 2.24) is 14.6 Å². The second-order valence-electron chi connectivity index (χ2n) is 3.30. The second kappa shape index (κ2) is 3.57. The predicted octanol–water partition coefficient (Wildman–Crippen LogP) is 2.80. The topological polar surface area (TPSA) is 56.2 Å². The van der Waals surface area contributed by atoms with E-state index < -0.39 is 0 Å². The molecule has 0 aliphatic heterocycles. The fourth-order valence-electron chi connectivity index (χ4n) is 1.48. The molecular formula is C10H7BrN4S. The Balaban J connectivity index is 2.11. The average Bonchev–Trinajstić information content (AvgIpc) is 2.75. The van der Waals surface area contributed by atoms with Gasteiger partial charge in [-0.1, -0.05) is 39.4 Å². The third-order valence-corrected chi connectivity index (χ3v) is 3.48. The van der Waals surface area contributed by atoms with Crippen LogP contribution in [0.4, 0.5) is 5.13 Å². The van der Waals surface area contributed by atoms with Crippen LogP contribution in [0.15, 0.2) is 34.9 Å². The molecule has 3 rings (SSSR count). The van der Waals surface area contributed by atoms with Crippen LogP contribution in [0.1, 0.15) is 0 Å². The maximum absolute atomic E-state index is 5.58. The Labute approximate surface area is 104 Å². The molecule has 0 atom stereocenters. The van der Waals surface area contributed by atoms with E-state index in [4.69, 9.17) is 5.73 Å². The smallest absolute Gasteiger partial charge is 0.214 e. The first-order valence-electron chi connectivity index (χ1n) is 4.60. The Morgan fingerprint density at radius 2 is 2.00 bits per heavy atom. The quantitative estimate of drug-likeness (QED) is 0.751. The van der Waals surface area contributed by atoms with Crippen LogP contribution >= 0.6 is 27.3 Å². The molecule has 0 saturated carbocycles. The van der Waals surface area contributed by atoms with E-state index in [1.54, 1.807) is 4.52 Å². The molecule has 0 fully saturated rings.